The molecule has 0 saturated carbocycles. The number of aromatic carboxylic acids is 1. The van der Waals surface area contributed by atoms with Crippen molar-refractivity contribution < 1.29 is 18.3 Å². The third-order valence-electron chi connectivity index (χ3n) is 2.51. The van der Waals surface area contributed by atoms with Gasteiger partial charge in [0.1, 0.15) is 0 Å². The van der Waals surface area contributed by atoms with E-state index in [1.54, 1.807) is 12.1 Å². The largest absolute Gasteiger partial charge is 0.478 e. The molecule has 0 bridgehead atoms. The average Bonchev–Trinajstić information content (AvgIpc) is 2.39. The summed E-state index contributed by atoms with van der Waals surface area (Å²) in [6, 6.07) is 11.7. The number of carbonyl (C=O) groups is 1. The number of anilines is 1. The molecule has 0 spiro atoms. The van der Waals surface area contributed by atoms with Crippen LogP contribution >= 0.6 is 15.9 Å². The lowest BCUT2D eigenvalue weighted by Crippen LogP contribution is -2.12. The summed E-state index contributed by atoms with van der Waals surface area (Å²) in [4.78, 5) is 10.8. The summed E-state index contributed by atoms with van der Waals surface area (Å²) in [5.74, 6) is -1.06. The van der Waals surface area contributed by atoms with Gasteiger partial charge in [0.2, 0.25) is 0 Å². The highest BCUT2D eigenvalue weighted by Crippen LogP contribution is 2.18. The van der Waals surface area contributed by atoms with Gasteiger partial charge in [0, 0.05) is 10.2 Å². The highest BCUT2D eigenvalue weighted by atomic mass is 79.9. The van der Waals surface area contributed by atoms with Crippen molar-refractivity contribution in [1.82, 2.24) is 0 Å². The van der Waals surface area contributed by atoms with E-state index in [9.17, 15) is 13.2 Å². The van der Waals surface area contributed by atoms with Crippen molar-refractivity contribution in [2.45, 2.75) is 4.90 Å². The van der Waals surface area contributed by atoms with Gasteiger partial charge >= 0.3 is 5.97 Å². The van der Waals surface area contributed by atoms with E-state index in [-0.39, 0.29) is 10.5 Å². The summed E-state index contributed by atoms with van der Waals surface area (Å²) in [6.45, 7) is 0. The lowest BCUT2D eigenvalue weighted by molar-refractivity contribution is 0.0697. The Morgan fingerprint density at radius 3 is 2.05 bits per heavy atom. The average molecular weight is 356 g/mol. The predicted molar refractivity (Wildman–Crippen MR) is 78.4 cm³/mol. The minimum absolute atomic E-state index is 0.0941. The van der Waals surface area contributed by atoms with Gasteiger partial charge in [0.25, 0.3) is 10.0 Å². The summed E-state index contributed by atoms with van der Waals surface area (Å²) in [5, 5.41) is 8.77. The van der Waals surface area contributed by atoms with Crippen LogP contribution in [0.15, 0.2) is 57.9 Å². The van der Waals surface area contributed by atoms with E-state index in [2.05, 4.69) is 20.7 Å². The van der Waals surface area contributed by atoms with E-state index in [1.807, 2.05) is 0 Å². The molecule has 0 atom stereocenters. The molecular formula is C13H10BrNO4S. The molecule has 2 rings (SSSR count). The molecule has 2 aromatic rings. The summed E-state index contributed by atoms with van der Waals surface area (Å²) < 4.78 is 27.3. The first-order valence-corrected chi connectivity index (χ1v) is 7.78. The molecule has 0 amide bonds. The summed E-state index contributed by atoms with van der Waals surface area (Å²) in [5.41, 5.74) is 0.398. The molecule has 0 aliphatic rings. The smallest absolute Gasteiger partial charge is 0.335 e. The van der Waals surface area contributed by atoms with Crippen molar-refractivity contribution in [2.75, 3.05) is 4.72 Å². The van der Waals surface area contributed by atoms with Crippen LogP contribution in [0.1, 0.15) is 10.4 Å². The number of carboxylic acids is 1. The Morgan fingerprint density at radius 1 is 1.00 bits per heavy atom. The zero-order valence-electron chi connectivity index (χ0n) is 10.1. The Balaban J connectivity index is 2.24. The molecule has 0 radical (unpaired) electrons. The lowest BCUT2D eigenvalue weighted by atomic mass is 10.2. The number of hydrogen-bond acceptors (Lipinski definition) is 3. The Hall–Kier alpha value is -1.86. The Labute approximate surface area is 124 Å². The highest BCUT2D eigenvalue weighted by Gasteiger charge is 2.14. The van der Waals surface area contributed by atoms with Gasteiger partial charge < -0.3 is 5.11 Å². The second kappa shape index (κ2) is 5.64. The van der Waals surface area contributed by atoms with Crippen LogP contribution in [0.3, 0.4) is 0 Å². The van der Waals surface area contributed by atoms with Gasteiger partial charge in [-0.25, -0.2) is 13.2 Å². The van der Waals surface area contributed by atoms with E-state index < -0.39 is 16.0 Å². The van der Waals surface area contributed by atoms with Crippen LogP contribution in [-0.2, 0) is 10.0 Å². The minimum Gasteiger partial charge on any atom is -0.478 e. The first-order chi connectivity index (χ1) is 9.38. The van der Waals surface area contributed by atoms with Gasteiger partial charge in [-0.15, -0.1) is 0 Å². The monoisotopic (exact) mass is 355 g/mol. The second-order valence-electron chi connectivity index (χ2n) is 3.94. The van der Waals surface area contributed by atoms with E-state index >= 15 is 0 Å². The first-order valence-electron chi connectivity index (χ1n) is 5.50. The molecule has 5 nitrogen and oxygen atoms in total. The topological polar surface area (TPSA) is 83.5 Å². The maximum atomic E-state index is 12.1. The number of sulfonamides is 1. The Kier molecular flexibility index (Phi) is 4.10. The van der Waals surface area contributed by atoms with Crippen LogP contribution in [0.5, 0.6) is 0 Å². The quantitative estimate of drug-likeness (QED) is 0.882. The van der Waals surface area contributed by atoms with Gasteiger partial charge in [-0.3, -0.25) is 4.72 Å². The number of hydrogen-bond donors (Lipinski definition) is 2. The molecule has 104 valence electrons. The van der Waals surface area contributed by atoms with Crippen LogP contribution in [0, 0.1) is 0 Å². The van der Waals surface area contributed by atoms with Crippen molar-refractivity contribution >= 4 is 37.6 Å². The molecule has 0 aliphatic heterocycles. The molecule has 0 aliphatic carbocycles. The highest BCUT2D eigenvalue weighted by molar-refractivity contribution is 9.10. The summed E-state index contributed by atoms with van der Waals surface area (Å²) in [7, 11) is -3.68. The van der Waals surface area contributed by atoms with E-state index in [0.717, 1.165) is 4.47 Å². The number of benzene rings is 2. The fraction of sp³-hybridized carbons (Fsp3) is 0. The Morgan fingerprint density at radius 2 is 1.55 bits per heavy atom. The summed E-state index contributed by atoms with van der Waals surface area (Å²) >= 11 is 3.23. The molecule has 2 aromatic carbocycles. The predicted octanol–water partition coefficient (Wildman–Crippen LogP) is 2.95. The maximum absolute atomic E-state index is 12.1. The van der Waals surface area contributed by atoms with Crippen LogP contribution in [-0.4, -0.2) is 19.5 Å². The van der Waals surface area contributed by atoms with Gasteiger partial charge in [0.05, 0.1) is 10.5 Å². The van der Waals surface area contributed by atoms with Crippen LogP contribution in [0.2, 0.25) is 0 Å². The minimum atomic E-state index is -3.68. The van der Waals surface area contributed by atoms with Gasteiger partial charge in [-0.1, -0.05) is 15.9 Å². The summed E-state index contributed by atoms with van der Waals surface area (Å²) in [6.07, 6.45) is 0. The van der Waals surface area contributed by atoms with Crippen molar-refractivity contribution in [3.8, 4) is 0 Å². The zero-order valence-corrected chi connectivity index (χ0v) is 12.5. The molecule has 20 heavy (non-hydrogen) atoms. The third-order valence-corrected chi connectivity index (χ3v) is 4.43. The lowest BCUT2D eigenvalue weighted by Gasteiger charge is -2.08. The SMILES string of the molecule is O=C(O)c1ccc(NS(=O)(=O)c2ccc(Br)cc2)cc1. The Bertz CT molecular complexity index is 724. The van der Waals surface area contributed by atoms with Crippen molar-refractivity contribution in [3.63, 3.8) is 0 Å². The molecule has 0 unspecified atom stereocenters. The maximum Gasteiger partial charge on any atom is 0.335 e. The first kappa shape index (κ1) is 14.5. The molecule has 0 saturated heterocycles. The van der Waals surface area contributed by atoms with Crippen LogP contribution in [0.25, 0.3) is 0 Å². The van der Waals surface area contributed by atoms with Crippen molar-refractivity contribution in [3.05, 3.63) is 58.6 Å². The molecule has 0 aromatic heterocycles. The van der Waals surface area contributed by atoms with Crippen LogP contribution in [0.4, 0.5) is 5.69 Å². The number of carboxylic acid groups (broad SMARTS) is 1. The third kappa shape index (κ3) is 3.37. The molecule has 2 N–H and O–H groups in total. The van der Waals surface area contributed by atoms with E-state index in [4.69, 9.17) is 5.11 Å². The van der Waals surface area contributed by atoms with Crippen LogP contribution < -0.4 is 4.72 Å². The fourth-order valence-electron chi connectivity index (χ4n) is 1.51. The van der Waals surface area contributed by atoms with E-state index in [0.29, 0.717) is 5.69 Å². The normalized spacial score (nSPS) is 11.1. The number of halogens is 1. The second-order valence-corrected chi connectivity index (χ2v) is 6.54. The molecular weight excluding hydrogens is 346 g/mol. The van der Waals surface area contributed by atoms with Crippen molar-refractivity contribution in [1.29, 1.82) is 0 Å². The van der Waals surface area contributed by atoms with Gasteiger partial charge in [-0.05, 0) is 48.5 Å². The zero-order chi connectivity index (χ0) is 14.8. The number of nitrogens with one attached hydrogen (secondary N) is 1. The number of rotatable bonds is 4. The van der Waals surface area contributed by atoms with E-state index in [1.165, 1.54) is 36.4 Å². The standard InChI is InChI=1S/C13H10BrNO4S/c14-10-3-7-12(8-4-10)20(18,19)15-11-5-1-9(2-6-11)13(16)17/h1-8,15H,(H,16,17). The molecule has 0 heterocycles. The van der Waals surface area contributed by atoms with Crippen molar-refractivity contribution in [2.24, 2.45) is 0 Å². The molecule has 7 heteroatoms. The van der Waals surface area contributed by atoms with Gasteiger partial charge in [0.15, 0.2) is 0 Å². The molecule has 0 fully saturated rings. The fourth-order valence-corrected chi connectivity index (χ4v) is 2.83. The van der Waals surface area contributed by atoms with Gasteiger partial charge in [-0.2, -0.15) is 0 Å².